The fourth-order valence-electron chi connectivity index (χ4n) is 6.73. The van der Waals surface area contributed by atoms with E-state index in [4.69, 9.17) is 4.42 Å². The van der Waals surface area contributed by atoms with Crippen molar-refractivity contribution in [1.29, 1.82) is 0 Å². The first-order chi connectivity index (χ1) is 18.8. The Labute approximate surface area is 222 Å². The van der Waals surface area contributed by atoms with Gasteiger partial charge in [0.1, 0.15) is 11.3 Å². The Morgan fingerprint density at radius 1 is 0.605 bits per heavy atom. The molecule has 2 atom stereocenters. The normalized spacial score (nSPS) is 18.1. The smallest absolute Gasteiger partial charge is 0.135 e. The van der Waals surface area contributed by atoms with Crippen molar-refractivity contribution in [3.63, 3.8) is 0 Å². The lowest BCUT2D eigenvalue weighted by Crippen LogP contribution is -2.15. The van der Waals surface area contributed by atoms with E-state index < -0.39 is 0 Å². The number of fused-ring (bicyclic) bond motifs is 6. The topological polar surface area (TPSA) is 13.1 Å². The van der Waals surface area contributed by atoms with Crippen LogP contribution in [-0.2, 0) is 0 Å². The molecular weight excluding hydrogens is 460 g/mol. The number of benzene rings is 5. The number of furan rings is 1. The van der Waals surface area contributed by atoms with E-state index >= 15 is 0 Å². The summed E-state index contributed by atoms with van der Waals surface area (Å²) in [5, 5.41) is 6.34. The molecule has 1 heterocycles. The van der Waals surface area contributed by atoms with Crippen molar-refractivity contribution >= 4 is 38.6 Å². The van der Waals surface area contributed by atoms with Crippen LogP contribution in [0, 0.1) is 5.92 Å². The summed E-state index contributed by atoms with van der Waals surface area (Å²) in [7, 11) is 0. The minimum atomic E-state index is 0.358. The first-order valence-electron chi connectivity index (χ1n) is 13.4. The van der Waals surface area contributed by atoms with Crippen molar-refractivity contribution in [2.45, 2.75) is 12.8 Å². The first kappa shape index (κ1) is 21.5. The summed E-state index contributed by atoms with van der Waals surface area (Å²) in [6.45, 7) is 2.33. The van der Waals surface area contributed by atoms with Gasteiger partial charge in [0.2, 0.25) is 0 Å². The van der Waals surface area contributed by atoms with Crippen molar-refractivity contribution in [2.24, 2.45) is 5.92 Å². The second-order valence-electron chi connectivity index (χ2n) is 10.5. The van der Waals surface area contributed by atoms with Gasteiger partial charge in [-0.25, -0.2) is 0 Å². The maximum Gasteiger partial charge on any atom is 0.135 e. The van der Waals surface area contributed by atoms with Gasteiger partial charge in [-0.3, -0.25) is 0 Å². The Morgan fingerprint density at radius 2 is 1.24 bits per heavy atom. The maximum atomic E-state index is 6.42. The van der Waals surface area contributed by atoms with Crippen LogP contribution in [0.5, 0.6) is 0 Å². The van der Waals surface area contributed by atoms with E-state index in [1.807, 2.05) is 0 Å². The Kier molecular flexibility index (Phi) is 4.63. The summed E-state index contributed by atoms with van der Waals surface area (Å²) in [6.07, 6.45) is 11.1. The number of hydrogen-bond acceptors (Lipinski definition) is 1. The minimum Gasteiger partial charge on any atom is -0.456 e. The molecule has 0 bridgehead atoms. The van der Waals surface area contributed by atoms with E-state index in [-0.39, 0.29) is 0 Å². The molecular formula is C37H26O. The van der Waals surface area contributed by atoms with Gasteiger partial charge in [0.05, 0.1) is 0 Å². The van der Waals surface area contributed by atoms with Gasteiger partial charge in [-0.1, -0.05) is 116 Å². The monoisotopic (exact) mass is 486 g/mol. The Hall–Kier alpha value is -4.62. The summed E-state index contributed by atoms with van der Waals surface area (Å²) >= 11 is 0. The molecule has 8 rings (SSSR count). The number of rotatable bonds is 2. The van der Waals surface area contributed by atoms with Crippen LogP contribution in [0.3, 0.4) is 0 Å². The molecule has 0 radical (unpaired) electrons. The molecule has 0 N–H and O–H groups in total. The zero-order valence-corrected chi connectivity index (χ0v) is 21.2. The van der Waals surface area contributed by atoms with Crippen LogP contribution < -0.4 is 0 Å². The molecule has 6 aromatic rings. The molecule has 2 aliphatic rings. The third kappa shape index (κ3) is 3.05. The average Bonchev–Trinajstić information content (AvgIpc) is 3.34. The highest BCUT2D eigenvalue weighted by molar-refractivity contribution is 6.21. The van der Waals surface area contributed by atoms with Gasteiger partial charge in [-0.15, -0.1) is 0 Å². The van der Waals surface area contributed by atoms with Gasteiger partial charge < -0.3 is 4.42 Å². The second-order valence-corrected chi connectivity index (χ2v) is 10.5. The van der Waals surface area contributed by atoms with E-state index in [9.17, 15) is 0 Å². The molecule has 180 valence electrons. The molecule has 0 aliphatic heterocycles. The quantitative estimate of drug-likeness (QED) is 0.222. The molecule has 1 aromatic heterocycles. The molecule has 0 fully saturated rings. The molecule has 1 heteroatoms. The Morgan fingerprint density at radius 3 is 1.92 bits per heavy atom. The van der Waals surface area contributed by atoms with Gasteiger partial charge in [0.25, 0.3) is 0 Å². The molecule has 0 spiro atoms. The summed E-state index contributed by atoms with van der Waals surface area (Å²) in [5.74, 6) is 1.76. The van der Waals surface area contributed by atoms with Gasteiger partial charge in [-0.05, 0) is 73.5 Å². The Bertz CT molecular complexity index is 1920. The van der Waals surface area contributed by atoms with E-state index in [1.54, 1.807) is 0 Å². The van der Waals surface area contributed by atoms with Crippen LogP contribution in [-0.4, -0.2) is 0 Å². The largest absolute Gasteiger partial charge is 0.456 e. The summed E-state index contributed by atoms with van der Waals surface area (Å²) in [5.41, 5.74) is 8.68. The van der Waals surface area contributed by atoms with Crippen molar-refractivity contribution in [3.05, 3.63) is 138 Å². The van der Waals surface area contributed by atoms with E-state index in [0.717, 1.165) is 11.3 Å². The SMILES string of the molecule is CC1c2c(oc3ccc(-c4c5ccccc5c(-c5ccccc5)c5ccccc45)cc23)C=C2C=CC=CC21. The molecule has 0 saturated carbocycles. The van der Waals surface area contributed by atoms with Crippen LogP contribution in [0.1, 0.15) is 24.2 Å². The van der Waals surface area contributed by atoms with Crippen molar-refractivity contribution in [1.82, 2.24) is 0 Å². The molecule has 38 heavy (non-hydrogen) atoms. The summed E-state index contributed by atoms with van der Waals surface area (Å²) < 4.78 is 6.42. The lowest BCUT2D eigenvalue weighted by atomic mass is 9.75. The third-order valence-electron chi connectivity index (χ3n) is 8.43. The van der Waals surface area contributed by atoms with Crippen LogP contribution in [0.4, 0.5) is 0 Å². The molecule has 1 nitrogen and oxygen atoms in total. The summed E-state index contributed by atoms with van der Waals surface area (Å²) in [6, 6.07) is 35.2. The van der Waals surface area contributed by atoms with E-state index in [2.05, 4.69) is 134 Å². The number of allylic oxidation sites excluding steroid dienone is 5. The predicted octanol–water partition coefficient (Wildman–Crippen LogP) is 10.3. The molecule has 2 unspecified atom stereocenters. The van der Waals surface area contributed by atoms with Crippen molar-refractivity contribution in [2.75, 3.05) is 0 Å². The third-order valence-corrected chi connectivity index (χ3v) is 8.43. The van der Waals surface area contributed by atoms with Crippen molar-refractivity contribution in [3.8, 4) is 22.3 Å². The van der Waals surface area contributed by atoms with E-state index in [1.165, 1.54) is 60.3 Å². The lowest BCUT2D eigenvalue weighted by molar-refractivity contribution is 0.557. The van der Waals surface area contributed by atoms with Gasteiger partial charge in [-0.2, -0.15) is 0 Å². The molecule has 0 amide bonds. The molecule has 2 aliphatic carbocycles. The molecule has 0 saturated heterocycles. The van der Waals surface area contributed by atoms with Crippen molar-refractivity contribution < 1.29 is 4.42 Å². The average molecular weight is 487 g/mol. The van der Waals surface area contributed by atoms with Crippen LogP contribution in [0.2, 0.25) is 0 Å². The fourth-order valence-corrected chi connectivity index (χ4v) is 6.73. The fraction of sp³-hybridized carbons (Fsp3) is 0.0811. The lowest BCUT2D eigenvalue weighted by Gasteiger charge is -2.28. The Balaban J connectivity index is 1.43. The van der Waals surface area contributed by atoms with E-state index in [0.29, 0.717) is 11.8 Å². The van der Waals surface area contributed by atoms with Gasteiger partial charge in [0, 0.05) is 16.9 Å². The highest BCUT2D eigenvalue weighted by atomic mass is 16.3. The van der Waals surface area contributed by atoms with Crippen LogP contribution in [0.25, 0.3) is 60.8 Å². The van der Waals surface area contributed by atoms with Crippen LogP contribution >= 0.6 is 0 Å². The molecule has 5 aromatic carbocycles. The second kappa shape index (κ2) is 8.19. The van der Waals surface area contributed by atoms with Crippen LogP contribution in [0.15, 0.2) is 131 Å². The standard InChI is InChI=1S/C37H26O/c1-23-27-14-6-5-13-25(27)22-34-35(23)32-21-26(19-20-33(32)38-34)37-30-17-9-7-15-28(30)36(24-11-3-2-4-12-24)29-16-8-10-18-31(29)37/h2-23,27H,1H3. The van der Waals surface area contributed by atoms with Gasteiger partial charge in [0.15, 0.2) is 0 Å². The highest BCUT2D eigenvalue weighted by Gasteiger charge is 2.31. The predicted molar refractivity (Wildman–Crippen MR) is 160 cm³/mol. The zero-order valence-electron chi connectivity index (χ0n) is 21.2. The highest BCUT2D eigenvalue weighted by Crippen LogP contribution is 2.48. The number of hydrogen-bond donors (Lipinski definition) is 0. The summed E-state index contributed by atoms with van der Waals surface area (Å²) in [4.78, 5) is 0. The first-order valence-corrected chi connectivity index (χ1v) is 13.4. The van der Waals surface area contributed by atoms with Gasteiger partial charge >= 0.3 is 0 Å². The zero-order chi connectivity index (χ0) is 25.2. The minimum absolute atomic E-state index is 0.358. The maximum absolute atomic E-state index is 6.42.